The fraction of sp³-hybridized carbons (Fsp3) is 0.611. The molecule has 1 saturated carbocycles. The lowest BCUT2D eigenvalue weighted by Crippen LogP contribution is -2.42. The number of hydrogen-bond donors (Lipinski definition) is 1. The van der Waals surface area contributed by atoms with Gasteiger partial charge in [-0.2, -0.15) is 5.10 Å². The number of amides is 1. The summed E-state index contributed by atoms with van der Waals surface area (Å²) in [5, 5.41) is 7.72. The Balaban J connectivity index is 1.49. The van der Waals surface area contributed by atoms with E-state index < -0.39 is 0 Å². The molecule has 0 radical (unpaired) electrons. The van der Waals surface area contributed by atoms with Crippen LogP contribution in [0.25, 0.3) is 5.52 Å². The van der Waals surface area contributed by atoms with Crippen LogP contribution in [0.1, 0.15) is 51.1 Å². The van der Waals surface area contributed by atoms with Crippen molar-refractivity contribution in [3.05, 3.63) is 24.2 Å². The minimum atomic E-state index is 0.121. The minimum absolute atomic E-state index is 0.121. The summed E-state index contributed by atoms with van der Waals surface area (Å²) in [7, 11) is 0. The zero-order valence-corrected chi connectivity index (χ0v) is 14.4. The molecule has 6 heteroatoms. The van der Waals surface area contributed by atoms with Crippen molar-refractivity contribution in [2.24, 2.45) is 5.92 Å². The molecule has 6 nitrogen and oxygen atoms in total. The molecular formula is C18H25N5O. The summed E-state index contributed by atoms with van der Waals surface area (Å²) in [5.41, 5.74) is 2.28. The largest absolute Gasteiger partial charge is 0.355 e. The molecule has 1 aliphatic heterocycles. The van der Waals surface area contributed by atoms with Crippen LogP contribution in [0, 0.1) is 5.92 Å². The molecule has 24 heavy (non-hydrogen) atoms. The highest BCUT2D eigenvalue weighted by Gasteiger charge is 2.29. The maximum Gasteiger partial charge on any atom is 0.223 e. The van der Waals surface area contributed by atoms with E-state index in [-0.39, 0.29) is 17.9 Å². The number of anilines is 1. The fourth-order valence-electron chi connectivity index (χ4n) is 3.51. The first-order valence-electron chi connectivity index (χ1n) is 9.01. The second-order valence-corrected chi connectivity index (χ2v) is 7.35. The van der Waals surface area contributed by atoms with Gasteiger partial charge in [-0.15, -0.1) is 0 Å². The Morgan fingerprint density at radius 1 is 1.25 bits per heavy atom. The monoisotopic (exact) mass is 327 g/mol. The average molecular weight is 327 g/mol. The maximum absolute atomic E-state index is 12.2. The van der Waals surface area contributed by atoms with Crippen LogP contribution in [0.5, 0.6) is 0 Å². The van der Waals surface area contributed by atoms with Crippen LogP contribution in [-0.4, -0.2) is 39.6 Å². The van der Waals surface area contributed by atoms with Crippen molar-refractivity contribution in [1.29, 1.82) is 0 Å². The van der Waals surface area contributed by atoms with E-state index in [0.717, 1.165) is 37.3 Å². The number of carbonyl (C=O) groups excluding carboxylic acids is 1. The molecule has 2 aromatic heterocycles. The summed E-state index contributed by atoms with van der Waals surface area (Å²) >= 11 is 0. The molecule has 2 aliphatic rings. The van der Waals surface area contributed by atoms with Crippen molar-refractivity contribution < 1.29 is 4.79 Å². The van der Waals surface area contributed by atoms with Gasteiger partial charge in [0.15, 0.2) is 5.82 Å². The van der Waals surface area contributed by atoms with Gasteiger partial charge in [0.1, 0.15) is 5.52 Å². The molecular weight excluding hydrogens is 302 g/mol. The summed E-state index contributed by atoms with van der Waals surface area (Å²) in [5.74, 6) is 1.95. The molecule has 1 amide bonds. The summed E-state index contributed by atoms with van der Waals surface area (Å²) < 4.78 is 1.95. The lowest BCUT2D eigenvalue weighted by Gasteiger charge is -2.32. The van der Waals surface area contributed by atoms with Gasteiger partial charge in [0.2, 0.25) is 5.91 Å². The molecule has 0 aromatic carbocycles. The van der Waals surface area contributed by atoms with E-state index in [1.165, 1.54) is 18.5 Å². The van der Waals surface area contributed by atoms with Gasteiger partial charge in [0, 0.05) is 43.4 Å². The van der Waals surface area contributed by atoms with Gasteiger partial charge in [-0.25, -0.2) is 9.50 Å². The van der Waals surface area contributed by atoms with Crippen LogP contribution in [-0.2, 0) is 4.79 Å². The van der Waals surface area contributed by atoms with E-state index in [0.29, 0.717) is 5.92 Å². The highest BCUT2D eigenvalue weighted by atomic mass is 16.1. The molecule has 128 valence electrons. The molecule has 2 aromatic rings. The van der Waals surface area contributed by atoms with Gasteiger partial charge in [0.05, 0.1) is 5.69 Å². The van der Waals surface area contributed by atoms with E-state index in [4.69, 9.17) is 5.10 Å². The maximum atomic E-state index is 12.2. The average Bonchev–Trinajstić information content (AvgIpc) is 3.33. The molecule has 0 unspecified atom stereocenters. The summed E-state index contributed by atoms with van der Waals surface area (Å²) in [6.07, 6.45) is 8.01. The Hall–Kier alpha value is -2.11. The molecule has 1 N–H and O–H groups in total. The minimum Gasteiger partial charge on any atom is -0.355 e. The molecule has 3 heterocycles. The predicted octanol–water partition coefficient (Wildman–Crippen LogP) is 2.35. The van der Waals surface area contributed by atoms with Crippen molar-refractivity contribution in [3.8, 4) is 0 Å². The Morgan fingerprint density at radius 2 is 2.00 bits per heavy atom. The molecule has 0 bridgehead atoms. The molecule has 1 saturated heterocycles. The topological polar surface area (TPSA) is 62.5 Å². The van der Waals surface area contributed by atoms with Crippen LogP contribution in [0.2, 0.25) is 0 Å². The first-order chi connectivity index (χ1) is 11.6. The van der Waals surface area contributed by atoms with Gasteiger partial charge in [-0.05, 0) is 45.6 Å². The lowest BCUT2D eigenvalue weighted by atomic mass is 9.95. The standard InChI is InChI=1S/C18H25N5O/c1-12(2)20-18(24)14-5-8-22(9-6-14)17-16-11-15(13-3-4-13)21-23(16)10-7-19-17/h7,10-14H,3-6,8-9H2,1-2H3,(H,20,24). The van der Waals surface area contributed by atoms with Crippen LogP contribution in [0.15, 0.2) is 18.5 Å². The van der Waals surface area contributed by atoms with Crippen molar-refractivity contribution in [1.82, 2.24) is 19.9 Å². The number of nitrogens with one attached hydrogen (secondary N) is 1. The van der Waals surface area contributed by atoms with E-state index in [9.17, 15) is 4.79 Å². The van der Waals surface area contributed by atoms with Gasteiger partial charge in [0.25, 0.3) is 0 Å². The van der Waals surface area contributed by atoms with Gasteiger partial charge in [-0.1, -0.05) is 0 Å². The van der Waals surface area contributed by atoms with Crippen molar-refractivity contribution in [3.63, 3.8) is 0 Å². The highest BCUT2D eigenvalue weighted by molar-refractivity contribution is 5.79. The van der Waals surface area contributed by atoms with Crippen molar-refractivity contribution in [2.75, 3.05) is 18.0 Å². The van der Waals surface area contributed by atoms with Crippen LogP contribution < -0.4 is 10.2 Å². The van der Waals surface area contributed by atoms with E-state index in [2.05, 4.69) is 21.3 Å². The van der Waals surface area contributed by atoms with E-state index in [1.807, 2.05) is 30.8 Å². The summed E-state index contributed by atoms with van der Waals surface area (Å²) in [6.45, 7) is 5.75. The molecule has 2 fully saturated rings. The van der Waals surface area contributed by atoms with Crippen LogP contribution in [0.4, 0.5) is 5.82 Å². The van der Waals surface area contributed by atoms with E-state index >= 15 is 0 Å². The number of nitrogens with zero attached hydrogens (tertiary/aromatic N) is 4. The normalized spacial score (nSPS) is 19.2. The Bertz CT molecular complexity index is 741. The van der Waals surface area contributed by atoms with Crippen LogP contribution >= 0.6 is 0 Å². The third-order valence-corrected chi connectivity index (χ3v) is 4.98. The lowest BCUT2D eigenvalue weighted by molar-refractivity contribution is -0.126. The Morgan fingerprint density at radius 3 is 2.67 bits per heavy atom. The Labute approximate surface area is 142 Å². The first-order valence-corrected chi connectivity index (χ1v) is 9.01. The second-order valence-electron chi connectivity index (χ2n) is 7.35. The van der Waals surface area contributed by atoms with Gasteiger partial charge in [-0.3, -0.25) is 4.79 Å². The zero-order valence-electron chi connectivity index (χ0n) is 14.4. The summed E-state index contributed by atoms with van der Waals surface area (Å²) in [6, 6.07) is 2.40. The number of hydrogen-bond acceptors (Lipinski definition) is 4. The second kappa shape index (κ2) is 6.07. The quantitative estimate of drug-likeness (QED) is 0.936. The summed E-state index contributed by atoms with van der Waals surface area (Å²) in [4.78, 5) is 19.1. The highest BCUT2D eigenvalue weighted by Crippen LogP contribution is 2.40. The van der Waals surface area contributed by atoms with Gasteiger partial charge < -0.3 is 10.2 Å². The number of carbonyl (C=O) groups is 1. The number of piperidine rings is 1. The van der Waals surface area contributed by atoms with Crippen LogP contribution in [0.3, 0.4) is 0 Å². The third kappa shape index (κ3) is 2.97. The molecule has 0 atom stereocenters. The number of fused-ring (bicyclic) bond motifs is 1. The smallest absolute Gasteiger partial charge is 0.223 e. The SMILES string of the molecule is CC(C)NC(=O)C1CCN(c2nccn3nc(C4CC4)cc23)CC1. The first kappa shape index (κ1) is 15.4. The predicted molar refractivity (Wildman–Crippen MR) is 93.2 cm³/mol. The number of aromatic nitrogens is 3. The molecule has 4 rings (SSSR count). The number of rotatable bonds is 4. The zero-order chi connectivity index (χ0) is 16.7. The van der Waals surface area contributed by atoms with Gasteiger partial charge >= 0.3 is 0 Å². The van der Waals surface area contributed by atoms with Crippen molar-refractivity contribution >= 4 is 17.2 Å². The molecule has 1 aliphatic carbocycles. The molecule has 0 spiro atoms. The van der Waals surface area contributed by atoms with Crippen molar-refractivity contribution in [2.45, 2.75) is 51.5 Å². The fourth-order valence-corrected chi connectivity index (χ4v) is 3.51. The Kier molecular flexibility index (Phi) is 3.90. The third-order valence-electron chi connectivity index (χ3n) is 4.98. The van der Waals surface area contributed by atoms with E-state index in [1.54, 1.807) is 0 Å².